The molecule has 0 aromatic heterocycles. The first-order valence-electron chi connectivity index (χ1n) is 25.0. The van der Waals surface area contributed by atoms with Gasteiger partial charge in [-0.1, -0.05) is 255 Å². The summed E-state index contributed by atoms with van der Waals surface area (Å²) in [4.78, 5) is 0. The highest BCUT2D eigenvalue weighted by Crippen LogP contribution is 2.46. The minimum atomic E-state index is 1.21. The van der Waals surface area contributed by atoms with Crippen LogP contribution in [0.2, 0.25) is 0 Å². The molecule has 0 aliphatic carbocycles. The van der Waals surface area contributed by atoms with E-state index in [4.69, 9.17) is 0 Å². The third-order valence-corrected chi connectivity index (χ3v) is 15.0. The summed E-state index contributed by atoms with van der Waals surface area (Å²) in [5.41, 5.74) is 17.4. The lowest BCUT2D eigenvalue weighted by Gasteiger charge is -2.18. The summed E-state index contributed by atoms with van der Waals surface area (Å²) in [6.45, 7) is 0. The maximum atomic E-state index is 2.33. The van der Waals surface area contributed by atoms with Crippen molar-refractivity contribution in [3.63, 3.8) is 0 Å². The Morgan fingerprint density at radius 1 is 0.125 bits per heavy atom. The molecule has 0 aliphatic heterocycles. The van der Waals surface area contributed by atoms with Gasteiger partial charge in [-0.3, -0.25) is 0 Å². The second-order valence-electron chi connectivity index (χ2n) is 19.1. The summed E-state index contributed by atoms with van der Waals surface area (Å²) in [5.74, 6) is 0. The highest BCUT2D eigenvalue weighted by Gasteiger charge is 2.18. The number of rotatable bonds is 7. The quantitative estimate of drug-likeness (QED) is 0.140. The van der Waals surface area contributed by atoms with E-state index < -0.39 is 0 Å². The zero-order chi connectivity index (χ0) is 47.5. The van der Waals surface area contributed by atoms with Gasteiger partial charge < -0.3 is 0 Å². The topological polar surface area (TPSA) is 0 Å². The largest absolute Gasteiger partial charge is 0.0622 e. The average molecular weight is 911 g/mol. The van der Waals surface area contributed by atoms with Crippen LogP contribution in [0, 0.1) is 0 Å². The van der Waals surface area contributed by atoms with Crippen molar-refractivity contribution in [2.24, 2.45) is 0 Å². The Balaban J connectivity index is 0.737. The van der Waals surface area contributed by atoms with Crippen LogP contribution in [0.25, 0.3) is 143 Å². The van der Waals surface area contributed by atoms with Crippen molar-refractivity contribution < 1.29 is 0 Å². The highest BCUT2D eigenvalue weighted by atomic mass is 14.2. The van der Waals surface area contributed by atoms with E-state index in [0.717, 1.165) is 0 Å². The number of benzene rings is 14. The molecule has 14 aromatic carbocycles. The molecule has 0 saturated carbocycles. The number of hydrogen-bond acceptors (Lipinski definition) is 0. The molecular weight excluding hydrogens is 865 g/mol. The van der Waals surface area contributed by atoms with Crippen molar-refractivity contribution in [2.75, 3.05) is 0 Å². The van der Waals surface area contributed by atoms with Gasteiger partial charge in [-0.05, 0) is 167 Å². The molecule has 0 heteroatoms. The molecule has 334 valence electrons. The summed E-state index contributed by atoms with van der Waals surface area (Å²) in [5, 5.41) is 15.1. The smallest absolute Gasteiger partial charge is 0.00264 e. The van der Waals surface area contributed by atoms with Crippen molar-refractivity contribution in [2.45, 2.75) is 0 Å². The second-order valence-corrected chi connectivity index (χ2v) is 19.1. The Hall–Kier alpha value is -9.36. The van der Waals surface area contributed by atoms with Gasteiger partial charge in [0.15, 0.2) is 0 Å². The Labute approximate surface area is 419 Å². The van der Waals surface area contributed by atoms with Crippen LogP contribution >= 0.6 is 0 Å². The van der Waals surface area contributed by atoms with E-state index in [2.05, 4.69) is 279 Å². The van der Waals surface area contributed by atoms with E-state index in [-0.39, 0.29) is 0 Å². The summed E-state index contributed by atoms with van der Waals surface area (Å²) < 4.78 is 0. The maximum absolute atomic E-state index is 2.33. The molecule has 0 amide bonds. The molecule has 0 atom stereocenters. The first kappa shape index (κ1) is 41.6. The van der Waals surface area contributed by atoms with Gasteiger partial charge in [-0.15, -0.1) is 0 Å². The van der Waals surface area contributed by atoms with Crippen molar-refractivity contribution in [1.29, 1.82) is 0 Å². The van der Waals surface area contributed by atoms with E-state index in [0.29, 0.717) is 0 Å². The molecule has 0 saturated heterocycles. The molecule has 0 radical (unpaired) electrons. The molecule has 14 rings (SSSR count). The molecule has 14 aromatic rings. The lowest BCUT2D eigenvalue weighted by atomic mass is 9.85. The summed E-state index contributed by atoms with van der Waals surface area (Å²) >= 11 is 0. The molecule has 0 bridgehead atoms. The predicted octanol–water partition coefficient (Wildman–Crippen LogP) is 20.3. The van der Waals surface area contributed by atoms with Crippen LogP contribution in [0.5, 0.6) is 0 Å². The van der Waals surface area contributed by atoms with Gasteiger partial charge >= 0.3 is 0 Å². The molecular formula is C72H46. The van der Waals surface area contributed by atoms with Gasteiger partial charge in [-0.25, -0.2) is 0 Å². The zero-order valence-electron chi connectivity index (χ0n) is 39.6. The summed E-state index contributed by atoms with van der Waals surface area (Å²) in [6, 6.07) is 103. The van der Waals surface area contributed by atoms with E-state index in [1.165, 1.54) is 143 Å². The fourth-order valence-electron chi connectivity index (χ4n) is 11.6. The fraction of sp³-hybridized carbons (Fsp3) is 0. The van der Waals surface area contributed by atoms with Crippen LogP contribution < -0.4 is 0 Å². The standard InChI is InChI=1S/C72H46/c1-3-15-49(16-4-1)69-61-19-7-11-23-65(61)71(66-24-12-8-20-62(66)69)51-31-27-47(28-32-51)53-35-37-57-45-59(41-39-55(57)43-53)60-42-40-56-44-54(36-38-58(56)46-60)48-29-33-52(34-30-48)72-67-25-13-9-21-63(67)70(50-17-5-2-6-18-50)64-22-10-14-26-68(64)72/h1-46H. The van der Waals surface area contributed by atoms with Crippen LogP contribution in [-0.2, 0) is 0 Å². The molecule has 0 N–H and O–H groups in total. The van der Waals surface area contributed by atoms with Crippen LogP contribution in [-0.4, -0.2) is 0 Å². The van der Waals surface area contributed by atoms with Gasteiger partial charge in [0.25, 0.3) is 0 Å². The van der Waals surface area contributed by atoms with Gasteiger partial charge in [0.1, 0.15) is 0 Å². The SMILES string of the molecule is c1ccc(-c2c3ccccc3c(-c3ccc(-c4ccc5cc(-c6ccc7cc(-c8ccc(-c9c%10ccccc%10c(-c%10ccccc%10)c%10ccccc9%10)cc8)ccc7c6)ccc5c4)cc3)c3ccccc23)cc1. The molecule has 0 unspecified atom stereocenters. The van der Waals surface area contributed by atoms with Gasteiger partial charge in [0.05, 0.1) is 0 Å². The van der Waals surface area contributed by atoms with Crippen molar-refractivity contribution in [3.8, 4) is 77.9 Å². The first-order chi connectivity index (χ1) is 35.7. The lowest BCUT2D eigenvalue weighted by molar-refractivity contribution is 1.62. The van der Waals surface area contributed by atoms with Crippen molar-refractivity contribution in [1.82, 2.24) is 0 Å². The second kappa shape index (κ2) is 17.2. The Morgan fingerprint density at radius 2 is 0.306 bits per heavy atom. The molecule has 0 spiro atoms. The van der Waals surface area contributed by atoms with E-state index in [1.54, 1.807) is 0 Å². The van der Waals surface area contributed by atoms with Gasteiger partial charge in [-0.2, -0.15) is 0 Å². The van der Waals surface area contributed by atoms with Crippen LogP contribution in [0.4, 0.5) is 0 Å². The zero-order valence-corrected chi connectivity index (χ0v) is 39.6. The highest BCUT2D eigenvalue weighted by molar-refractivity contribution is 6.23. The number of hydrogen-bond donors (Lipinski definition) is 0. The van der Waals surface area contributed by atoms with Crippen LogP contribution in [0.15, 0.2) is 279 Å². The summed E-state index contributed by atoms with van der Waals surface area (Å²) in [6.07, 6.45) is 0. The normalized spacial score (nSPS) is 11.6. The van der Waals surface area contributed by atoms with E-state index >= 15 is 0 Å². The predicted molar refractivity (Wildman–Crippen MR) is 310 cm³/mol. The third-order valence-electron chi connectivity index (χ3n) is 15.0. The summed E-state index contributed by atoms with van der Waals surface area (Å²) in [7, 11) is 0. The van der Waals surface area contributed by atoms with Gasteiger partial charge in [0, 0.05) is 0 Å². The Morgan fingerprint density at radius 3 is 0.556 bits per heavy atom. The molecule has 0 heterocycles. The third kappa shape index (κ3) is 7.07. The van der Waals surface area contributed by atoms with E-state index in [1.807, 2.05) is 0 Å². The molecule has 0 nitrogen and oxygen atoms in total. The first-order valence-corrected chi connectivity index (χ1v) is 25.0. The maximum Gasteiger partial charge on any atom is -0.00264 e. The number of fused-ring (bicyclic) bond motifs is 6. The van der Waals surface area contributed by atoms with Gasteiger partial charge in [0.2, 0.25) is 0 Å². The van der Waals surface area contributed by atoms with Crippen molar-refractivity contribution in [3.05, 3.63) is 279 Å². The monoisotopic (exact) mass is 910 g/mol. The lowest BCUT2D eigenvalue weighted by Crippen LogP contribution is -1.90. The molecule has 72 heavy (non-hydrogen) atoms. The van der Waals surface area contributed by atoms with Crippen molar-refractivity contribution >= 4 is 64.6 Å². The van der Waals surface area contributed by atoms with Crippen LogP contribution in [0.3, 0.4) is 0 Å². The molecule has 0 aliphatic rings. The fourth-order valence-corrected chi connectivity index (χ4v) is 11.6. The van der Waals surface area contributed by atoms with E-state index in [9.17, 15) is 0 Å². The minimum Gasteiger partial charge on any atom is -0.0622 e. The minimum absolute atomic E-state index is 1.21. The molecule has 0 fully saturated rings. The Kier molecular flexibility index (Phi) is 9.96. The Bertz CT molecular complexity index is 3990. The average Bonchev–Trinajstić information content (AvgIpc) is 3.46. The van der Waals surface area contributed by atoms with Crippen LogP contribution in [0.1, 0.15) is 0 Å².